The van der Waals surface area contributed by atoms with E-state index in [1.54, 1.807) is 0 Å². The van der Waals surface area contributed by atoms with Gasteiger partial charge in [-0.15, -0.1) is 0 Å². The lowest BCUT2D eigenvalue weighted by atomic mass is 10.1. The van der Waals surface area contributed by atoms with E-state index in [0.717, 1.165) is 0 Å². The SMILES string of the molecule is CC(=O)Nc1cc2c(ncn2[C@@H]2O[C@H](COP(=O)(O)O)[C@@H](O)[C@H]2O)c(=O)[nH]1. The molecule has 1 saturated heterocycles. The van der Waals surface area contributed by atoms with Crippen molar-refractivity contribution in [1.29, 1.82) is 0 Å². The molecule has 3 rings (SSSR count). The maximum absolute atomic E-state index is 12.1. The van der Waals surface area contributed by atoms with Crippen LogP contribution in [0.5, 0.6) is 0 Å². The molecule has 0 aliphatic carbocycles. The van der Waals surface area contributed by atoms with Gasteiger partial charge < -0.3 is 39.6 Å². The Hall–Kier alpha value is -2.12. The summed E-state index contributed by atoms with van der Waals surface area (Å²) in [4.78, 5) is 47.2. The van der Waals surface area contributed by atoms with Gasteiger partial charge in [0, 0.05) is 13.0 Å². The minimum absolute atomic E-state index is 0.00399. The fourth-order valence-corrected chi connectivity index (χ4v) is 3.11. The van der Waals surface area contributed by atoms with E-state index in [1.807, 2.05) is 0 Å². The highest BCUT2D eigenvalue weighted by molar-refractivity contribution is 7.46. The predicted molar refractivity (Wildman–Crippen MR) is 88.6 cm³/mol. The Kier molecular flexibility index (Phi) is 5.18. The number of rotatable bonds is 5. The molecule has 0 radical (unpaired) electrons. The van der Waals surface area contributed by atoms with E-state index in [1.165, 1.54) is 23.9 Å². The Morgan fingerprint density at radius 1 is 1.44 bits per heavy atom. The highest BCUT2D eigenvalue weighted by Crippen LogP contribution is 2.38. The van der Waals surface area contributed by atoms with E-state index in [9.17, 15) is 24.4 Å². The van der Waals surface area contributed by atoms with Gasteiger partial charge in [-0.05, 0) is 0 Å². The summed E-state index contributed by atoms with van der Waals surface area (Å²) in [6.45, 7) is 0.592. The molecule has 2 aromatic rings. The van der Waals surface area contributed by atoms with Crippen molar-refractivity contribution in [2.75, 3.05) is 11.9 Å². The average Bonchev–Trinajstić information content (AvgIpc) is 3.07. The third-order valence-electron chi connectivity index (χ3n) is 3.91. The second-order valence-electron chi connectivity index (χ2n) is 5.91. The van der Waals surface area contributed by atoms with Crippen molar-refractivity contribution in [3.05, 3.63) is 22.7 Å². The number of pyridine rings is 1. The fourth-order valence-electron chi connectivity index (χ4n) is 2.77. The van der Waals surface area contributed by atoms with Crippen molar-refractivity contribution in [2.24, 2.45) is 0 Å². The van der Waals surface area contributed by atoms with Crippen molar-refractivity contribution in [3.8, 4) is 0 Å². The summed E-state index contributed by atoms with van der Waals surface area (Å²) < 4.78 is 21.8. The van der Waals surface area contributed by atoms with Gasteiger partial charge >= 0.3 is 7.82 Å². The summed E-state index contributed by atoms with van der Waals surface area (Å²) in [5.74, 6) is -0.325. The van der Waals surface area contributed by atoms with E-state index in [-0.39, 0.29) is 16.9 Å². The number of imidazole rings is 1. The van der Waals surface area contributed by atoms with Crippen molar-refractivity contribution in [3.63, 3.8) is 0 Å². The number of H-pyrrole nitrogens is 1. The number of phosphoric acid groups is 1. The van der Waals surface area contributed by atoms with Crippen LogP contribution in [0.2, 0.25) is 0 Å². The van der Waals surface area contributed by atoms with E-state index in [0.29, 0.717) is 0 Å². The van der Waals surface area contributed by atoms with Gasteiger partial charge in [0.1, 0.15) is 24.1 Å². The first-order chi connectivity index (χ1) is 12.6. The zero-order valence-corrected chi connectivity index (χ0v) is 14.7. The molecule has 1 fully saturated rings. The number of nitrogens with one attached hydrogen (secondary N) is 2. The van der Waals surface area contributed by atoms with E-state index in [2.05, 4.69) is 19.8 Å². The molecule has 148 valence electrons. The van der Waals surface area contributed by atoms with Crippen molar-refractivity contribution < 1.29 is 38.6 Å². The quantitative estimate of drug-likeness (QED) is 0.316. The smallest absolute Gasteiger partial charge is 0.387 e. The standard InChI is InChI=1S/C13H17N4O9P/c1-5(18)15-8-2-6-9(12(21)16-8)14-4-17(6)13-11(20)10(19)7(26-13)3-25-27(22,23)24/h2,4,7,10-11,13,19-20H,3H2,1H3,(H2,22,23,24)(H2,15,16,18,21)/t7-,10-,11-,13-/m1/s1. The Labute approximate surface area is 150 Å². The van der Waals surface area contributed by atoms with E-state index >= 15 is 0 Å². The van der Waals surface area contributed by atoms with Crippen LogP contribution < -0.4 is 10.9 Å². The molecule has 14 heteroatoms. The first kappa shape index (κ1) is 19.6. The molecule has 0 saturated carbocycles. The Morgan fingerprint density at radius 3 is 2.78 bits per heavy atom. The second-order valence-corrected chi connectivity index (χ2v) is 7.15. The van der Waals surface area contributed by atoms with Gasteiger partial charge in [0.2, 0.25) is 5.91 Å². The Bertz CT molecular complexity index is 966. The van der Waals surface area contributed by atoms with Crippen LogP contribution in [0, 0.1) is 0 Å². The lowest BCUT2D eigenvalue weighted by Gasteiger charge is -2.17. The molecule has 1 aliphatic rings. The topological polar surface area (TPSA) is 196 Å². The van der Waals surface area contributed by atoms with Gasteiger partial charge in [-0.3, -0.25) is 14.1 Å². The molecule has 13 nitrogen and oxygen atoms in total. The zero-order valence-electron chi connectivity index (χ0n) is 13.8. The third-order valence-corrected chi connectivity index (χ3v) is 4.39. The minimum Gasteiger partial charge on any atom is -0.387 e. The Morgan fingerprint density at radius 2 is 2.15 bits per heavy atom. The zero-order chi connectivity index (χ0) is 19.9. The van der Waals surface area contributed by atoms with Gasteiger partial charge in [-0.1, -0.05) is 0 Å². The van der Waals surface area contributed by atoms with Crippen molar-refractivity contribution in [2.45, 2.75) is 31.5 Å². The third kappa shape index (κ3) is 4.09. The fraction of sp³-hybridized carbons (Fsp3) is 0.462. The number of phosphoric ester groups is 1. The number of aliphatic hydroxyl groups excluding tert-OH is 2. The van der Waals surface area contributed by atoms with Gasteiger partial charge in [0.25, 0.3) is 5.56 Å². The second kappa shape index (κ2) is 7.13. The molecule has 1 amide bonds. The van der Waals surface area contributed by atoms with Crippen LogP contribution in [-0.2, 0) is 18.6 Å². The number of hydrogen-bond acceptors (Lipinski definition) is 8. The van der Waals surface area contributed by atoms with Crippen LogP contribution in [-0.4, -0.2) is 65.4 Å². The summed E-state index contributed by atoms with van der Waals surface area (Å²) >= 11 is 0. The van der Waals surface area contributed by atoms with Gasteiger partial charge in [0.15, 0.2) is 11.7 Å². The number of aromatic amines is 1. The van der Waals surface area contributed by atoms with Crippen LogP contribution in [0.4, 0.5) is 5.82 Å². The molecule has 0 unspecified atom stereocenters. The summed E-state index contributed by atoms with van der Waals surface area (Å²) in [5, 5.41) is 22.7. The monoisotopic (exact) mass is 404 g/mol. The number of carbonyl (C=O) groups is 1. The molecular weight excluding hydrogens is 387 g/mol. The molecule has 6 N–H and O–H groups in total. The minimum atomic E-state index is -4.79. The number of amides is 1. The van der Waals surface area contributed by atoms with Crippen LogP contribution >= 0.6 is 7.82 Å². The number of aliphatic hydroxyl groups is 2. The lowest BCUT2D eigenvalue weighted by molar-refractivity contribution is -0.114. The van der Waals surface area contributed by atoms with Crippen molar-refractivity contribution in [1.82, 2.24) is 14.5 Å². The van der Waals surface area contributed by atoms with Gasteiger partial charge in [-0.25, -0.2) is 9.55 Å². The van der Waals surface area contributed by atoms with Crippen molar-refractivity contribution >= 4 is 30.6 Å². The number of hydrogen-bond donors (Lipinski definition) is 6. The molecule has 0 bridgehead atoms. The normalized spacial score (nSPS) is 25.8. The molecule has 3 heterocycles. The highest BCUT2D eigenvalue weighted by atomic mass is 31.2. The average molecular weight is 404 g/mol. The van der Waals surface area contributed by atoms with E-state index < -0.39 is 50.4 Å². The molecule has 4 atom stereocenters. The molecule has 0 aromatic carbocycles. The number of fused-ring (bicyclic) bond motifs is 1. The largest absolute Gasteiger partial charge is 0.469 e. The Balaban J connectivity index is 1.92. The highest BCUT2D eigenvalue weighted by Gasteiger charge is 2.45. The maximum atomic E-state index is 12.1. The number of carbonyl (C=O) groups excluding carboxylic acids is 1. The number of nitrogens with zero attached hydrogens (tertiary/aromatic N) is 2. The molecule has 0 spiro atoms. The number of aromatic nitrogens is 3. The maximum Gasteiger partial charge on any atom is 0.469 e. The number of ether oxygens (including phenoxy) is 1. The van der Waals surface area contributed by atoms with E-state index in [4.69, 9.17) is 14.5 Å². The summed E-state index contributed by atoms with van der Waals surface area (Å²) in [6, 6.07) is 1.40. The first-order valence-electron chi connectivity index (χ1n) is 7.66. The molecular formula is C13H17N4O9P. The molecule has 2 aromatic heterocycles. The summed E-state index contributed by atoms with van der Waals surface area (Å²) in [6.07, 6.45) is -4.23. The van der Waals surface area contributed by atoms with Crippen LogP contribution in [0.25, 0.3) is 11.0 Å². The summed E-state index contributed by atoms with van der Waals surface area (Å²) in [5.41, 5.74) is -0.385. The van der Waals surface area contributed by atoms with Gasteiger partial charge in [-0.2, -0.15) is 0 Å². The van der Waals surface area contributed by atoms with Gasteiger partial charge in [0.05, 0.1) is 18.5 Å². The van der Waals surface area contributed by atoms with Crippen LogP contribution in [0.3, 0.4) is 0 Å². The first-order valence-corrected chi connectivity index (χ1v) is 9.19. The summed E-state index contributed by atoms with van der Waals surface area (Å²) in [7, 11) is -4.79. The predicted octanol–water partition coefficient (Wildman–Crippen LogP) is -1.59. The molecule has 1 aliphatic heterocycles. The van der Waals surface area contributed by atoms with Crippen LogP contribution in [0.1, 0.15) is 13.2 Å². The van der Waals surface area contributed by atoms with Crippen LogP contribution in [0.15, 0.2) is 17.2 Å². The molecule has 27 heavy (non-hydrogen) atoms. The lowest BCUT2D eigenvalue weighted by Crippen LogP contribution is -2.33. The number of anilines is 1.